The van der Waals surface area contributed by atoms with Gasteiger partial charge in [0.2, 0.25) is 11.8 Å². The molecule has 9 heteroatoms. The van der Waals surface area contributed by atoms with Gasteiger partial charge in [-0.1, -0.05) is 54.6 Å². The predicted octanol–water partition coefficient (Wildman–Crippen LogP) is 3.09. The minimum absolute atomic E-state index is 0.0873. The molecule has 0 saturated carbocycles. The molecule has 0 unspecified atom stereocenters. The molecule has 0 saturated heterocycles. The maximum Gasteiger partial charge on any atom is 0.307 e. The second-order valence-corrected chi connectivity index (χ2v) is 8.59. The lowest BCUT2D eigenvalue weighted by Gasteiger charge is -2.10. The van der Waals surface area contributed by atoms with Crippen LogP contribution < -0.4 is 16.4 Å². The number of carboxylic acids is 1. The summed E-state index contributed by atoms with van der Waals surface area (Å²) in [6, 6.07) is 20.2. The van der Waals surface area contributed by atoms with Crippen LogP contribution in [-0.4, -0.2) is 35.3 Å². The summed E-state index contributed by atoms with van der Waals surface area (Å²) in [5.41, 5.74) is 9.11. The lowest BCUT2D eigenvalue weighted by atomic mass is 10.0. The second kappa shape index (κ2) is 12.3. The molecule has 180 valence electrons. The van der Waals surface area contributed by atoms with E-state index in [1.54, 1.807) is 11.3 Å². The third kappa shape index (κ3) is 7.94. The molecule has 3 aromatic rings. The average Bonchev–Trinajstić information content (AvgIpc) is 3.35. The number of amides is 3. The molecule has 0 bridgehead atoms. The third-order valence-electron chi connectivity index (χ3n) is 5.01. The number of aryl methyl sites for hydroxylation is 1. The number of carboxylic acid groups (broad SMARTS) is 1. The van der Waals surface area contributed by atoms with Crippen LogP contribution in [0.3, 0.4) is 0 Å². The van der Waals surface area contributed by atoms with E-state index in [9.17, 15) is 19.2 Å². The topological polar surface area (TPSA) is 139 Å². The van der Waals surface area contributed by atoms with Crippen molar-refractivity contribution in [1.29, 1.82) is 0 Å². The Morgan fingerprint density at radius 2 is 1.66 bits per heavy atom. The van der Waals surface area contributed by atoms with Gasteiger partial charge in [0, 0.05) is 11.3 Å². The van der Waals surface area contributed by atoms with Crippen molar-refractivity contribution in [3.63, 3.8) is 0 Å². The highest BCUT2D eigenvalue weighted by atomic mass is 32.1. The zero-order valence-corrected chi connectivity index (χ0v) is 19.6. The molecule has 8 nitrogen and oxygen atoms in total. The number of hydrogen-bond donors (Lipinski definition) is 4. The van der Waals surface area contributed by atoms with Crippen LogP contribution in [0, 0.1) is 0 Å². The Bertz CT molecular complexity index is 1230. The van der Waals surface area contributed by atoms with E-state index in [0.717, 1.165) is 33.2 Å². The van der Waals surface area contributed by atoms with Crippen LogP contribution in [0.15, 0.2) is 77.8 Å². The van der Waals surface area contributed by atoms with Crippen molar-refractivity contribution in [2.24, 2.45) is 5.73 Å². The number of primary amides is 1. The molecular weight excluding hydrogens is 466 g/mol. The lowest BCUT2D eigenvalue weighted by Crippen LogP contribution is -2.39. The number of hydrogen-bond acceptors (Lipinski definition) is 5. The first-order valence-electron chi connectivity index (χ1n) is 10.8. The van der Waals surface area contributed by atoms with Gasteiger partial charge in [0.05, 0.1) is 13.0 Å². The van der Waals surface area contributed by atoms with Crippen molar-refractivity contribution in [2.75, 3.05) is 6.54 Å². The van der Waals surface area contributed by atoms with Gasteiger partial charge in [-0.05, 0) is 46.2 Å². The fraction of sp³-hybridized carbons (Fsp3) is 0.154. The molecule has 0 aliphatic carbocycles. The number of aliphatic carboxylic acids is 1. The molecule has 1 heterocycles. The lowest BCUT2D eigenvalue weighted by molar-refractivity contribution is -0.136. The maximum absolute atomic E-state index is 12.4. The minimum Gasteiger partial charge on any atom is -0.481 e. The molecule has 0 aliphatic heterocycles. The summed E-state index contributed by atoms with van der Waals surface area (Å²) in [6.45, 7) is -0.428. The molecule has 0 fully saturated rings. The van der Waals surface area contributed by atoms with E-state index in [4.69, 9.17) is 10.8 Å². The van der Waals surface area contributed by atoms with Crippen LogP contribution in [-0.2, 0) is 25.6 Å². The van der Waals surface area contributed by atoms with Crippen LogP contribution in [0.2, 0.25) is 0 Å². The first-order chi connectivity index (χ1) is 16.8. The number of carbonyl (C=O) groups is 4. The highest BCUT2D eigenvalue weighted by molar-refractivity contribution is 7.14. The van der Waals surface area contributed by atoms with Crippen molar-refractivity contribution in [1.82, 2.24) is 10.6 Å². The fourth-order valence-electron chi connectivity index (χ4n) is 3.23. The van der Waals surface area contributed by atoms with Crippen molar-refractivity contribution in [3.8, 4) is 21.6 Å². The number of nitrogens with one attached hydrogen (secondary N) is 2. The molecule has 3 amide bonds. The Morgan fingerprint density at radius 3 is 2.31 bits per heavy atom. The van der Waals surface area contributed by atoms with E-state index in [1.807, 2.05) is 42.5 Å². The molecule has 5 N–H and O–H groups in total. The van der Waals surface area contributed by atoms with Crippen LogP contribution in [0.4, 0.5) is 0 Å². The molecule has 0 atom stereocenters. The average molecular weight is 492 g/mol. The molecule has 1 aromatic heterocycles. The zero-order valence-electron chi connectivity index (χ0n) is 18.8. The summed E-state index contributed by atoms with van der Waals surface area (Å²) in [6.07, 6.45) is 1.14. The molecule has 35 heavy (non-hydrogen) atoms. The van der Waals surface area contributed by atoms with Crippen molar-refractivity contribution < 1.29 is 24.3 Å². The van der Waals surface area contributed by atoms with E-state index in [1.165, 1.54) is 0 Å². The SMILES string of the molecule is NC(=O)CNC(=O)C(=CCC(=O)O)NC(=O)CCc1ccc(-c2cc(-c3ccccc3)cs2)cc1. The smallest absolute Gasteiger partial charge is 0.307 e. The van der Waals surface area contributed by atoms with Gasteiger partial charge in [-0.2, -0.15) is 0 Å². The number of carbonyl (C=O) groups excluding carboxylic acids is 3. The van der Waals surface area contributed by atoms with Crippen LogP contribution in [0.5, 0.6) is 0 Å². The monoisotopic (exact) mass is 491 g/mol. The van der Waals surface area contributed by atoms with Crippen LogP contribution >= 0.6 is 11.3 Å². The van der Waals surface area contributed by atoms with Gasteiger partial charge in [-0.25, -0.2) is 0 Å². The van der Waals surface area contributed by atoms with Gasteiger partial charge in [0.15, 0.2) is 0 Å². The zero-order chi connectivity index (χ0) is 25.2. The summed E-state index contributed by atoms with van der Waals surface area (Å²) < 4.78 is 0. The van der Waals surface area contributed by atoms with Crippen LogP contribution in [0.1, 0.15) is 18.4 Å². The molecule has 3 rings (SSSR count). The first-order valence-corrected chi connectivity index (χ1v) is 11.7. The predicted molar refractivity (Wildman–Crippen MR) is 134 cm³/mol. The maximum atomic E-state index is 12.4. The number of benzene rings is 2. The van der Waals surface area contributed by atoms with E-state index in [0.29, 0.717) is 6.42 Å². The Balaban J connectivity index is 1.57. The van der Waals surface area contributed by atoms with Gasteiger partial charge < -0.3 is 21.5 Å². The Labute approximate surface area is 206 Å². The Kier molecular flexibility index (Phi) is 8.91. The summed E-state index contributed by atoms with van der Waals surface area (Å²) in [7, 11) is 0. The Hall–Kier alpha value is -4.24. The van der Waals surface area contributed by atoms with Gasteiger partial charge >= 0.3 is 5.97 Å². The fourth-order valence-corrected chi connectivity index (χ4v) is 4.15. The van der Waals surface area contributed by atoms with Gasteiger partial charge in [-0.3, -0.25) is 19.2 Å². The normalized spacial score (nSPS) is 11.0. The second-order valence-electron chi connectivity index (χ2n) is 7.68. The van der Waals surface area contributed by atoms with Crippen LogP contribution in [0.25, 0.3) is 21.6 Å². The van der Waals surface area contributed by atoms with Crippen molar-refractivity contribution >= 4 is 35.0 Å². The quantitative estimate of drug-likeness (QED) is 0.305. The van der Waals surface area contributed by atoms with E-state index in [2.05, 4.69) is 34.2 Å². The number of nitrogens with two attached hydrogens (primary N) is 1. The van der Waals surface area contributed by atoms with Crippen molar-refractivity contribution in [3.05, 3.63) is 83.4 Å². The molecule has 2 aromatic carbocycles. The first kappa shape index (κ1) is 25.4. The number of rotatable bonds is 11. The number of thiophene rings is 1. The standard InChI is InChI=1S/C26H25N3O5S/c27-23(30)15-28-26(34)21(11-13-25(32)33)29-24(31)12-8-17-6-9-19(10-7-17)22-14-20(16-35-22)18-4-2-1-3-5-18/h1-7,9-11,14,16H,8,12-13,15H2,(H2,27,30)(H,28,34)(H,29,31)(H,32,33). The minimum atomic E-state index is -1.17. The van der Waals surface area contributed by atoms with Gasteiger partial charge in [-0.15, -0.1) is 11.3 Å². The highest BCUT2D eigenvalue weighted by Gasteiger charge is 2.14. The van der Waals surface area contributed by atoms with Gasteiger partial charge in [0.1, 0.15) is 5.70 Å². The van der Waals surface area contributed by atoms with Crippen molar-refractivity contribution in [2.45, 2.75) is 19.3 Å². The molecule has 0 aliphatic rings. The Morgan fingerprint density at radius 1 is 0.943 bits per heavy atom. The summed E-state index contributed by atoms with van der Waals surface area (Å²) in [4.78, 5) is 47.3. The third-order valence-corrected chi connectivity index (χ3v) is 5.99. The summed E-state index contributed by atoms with van der Waals surface area (Å²) in [5, 5.41) is 15.6. The summed E-state index contributed by atoms with van der Waals surface area (Å²) in [5.74, 6) is -3.16. The molecule has 0 spiro atoms. The summed E-state index contributed by atoms with van der Waals surface area (Å²) >= 11 is 1.66. The van der Waals surface area contributed by atoms with Gasteiger partial charge in [0.25, 0.3) is 5.91 Å². The molecule has 0 radical (unpaired) electrons. The van der Waals surface area contributed by atoms with E-state index < -0.39 is 36.7 Å². The van der Waals surface area contributed by atoms with E-state index in [-0.39, 0.29) is 12.1 Å². The van der Waals surface area contributed by atoms with E-state index >= 15 is 0 Å². The highest BCUT2D eigenvalue weighted by Crippen LogP contribution is 2.32. The largest absolute Gasteiger partial charge is 0.481 e. The molecular formula is C26H25N3O5S.